The molecule has 3 aromatic carbocycles. The van der Waals surface area contributed by atoms with E-state index in [2.05, 4.69) is 16.3 Å². The first-order chi connectivity index (χ1) is 19.6. The number of phenols is 2. The standard InChI is InChI=1S/C33H39F3N2O3/c1-21(2)41-31-8-4-7-27(15-16-37-31)38(28-13-11-26(12-14-28)33(34,35)36)20-22-5-3-6-24(17-22)25-18-29(23-9-10-23)32(40)30(39)19-25/h3,5-6,11-14,17-19,21,23,27,31,37,39-40H,4,7-10,15-16,20H2,1-2H3. The minimum absolute atomic E-state index is 0.00871. The Morgan fingerprint density at radius 3 is 2.37 bits per heavy atom. The molecule has 3 N–H and O–H groups in total. The fraction of sp³-hybridized carbons (Fsp3) is 0.455. The second-order valence-corrected chi connectivity index (χ2v) is 11.6. The van der Waals surface area contributed by atoms with E-state index in [0.29, 0.717) is 6.54 Å². The Morgan fingerprint density at radius 2 is 1.68 bits per heavy atom. The third kappa shape index (κ3) is 7.35. The highest BCUT2D eigenvalue weighted by atomic mass is 19.4. The number of halogens is 3. The van der Waals surface area contributed by atoms with Gasteiger partial charge in [-0.1, -0.05) is 18.2 Å². The summed E-state index contributed by atoms with van der Waals surface area (Å²) in [6.45, 7) is 5.32. The van der Waals surface area contributed by atoms with Crippen LogP contribution >= 0.6 is 0 Å². The van der Waals surface area contributed by atoms with E-state index in [1.165, 1.54) is 0 Å². The van der Waals surface area contributed by atoms with Crippen LogP contribution in [0.25, 0.3) is 11.1 Å². The number of anilines is 1. The van der Waals surface area contributed by atoms with E-state index in [1.54, 1.807) is 18.2 Å². The van der Waals surface area contributed by atoms with E-state index >= 15 is 0 Å². The third-order valence-electron chi connectivity index (χ3n) is 8.01. The maximum Gasteiger partial charge on any atom is 0.416 e. The zero-order chi connectivity index (χ0) is 29.1. The van der Waals surface area contributed by atoms with Crippen LogP contribution in [-0.2, 0) is 17.5 Å². The highest BCUT2D eigenvalue weighted by molar-refractivity contribution is 5.70. The molecule has 2 aliphatic rings. The average molecular weight is 569 g/mol. The number of nitrogens with one attached hydrogen (secondary N) is 1. The van der Waals surface area contributed by atoms with Crippen LogP contribution in [0.2, 0.25) is 0 Å². The first-order valence-corrected chi connectivity index (χ1v) is 14.6. The van der Waals surface area contributed by atoms with Crippen molar-refractivity contribution in [2.75, 3.05) is 11.4 Å². The van der Waals surface area contributed by atoms with Gasteiger partial charge in [0.2, 0.25) is 0 Å². The van der Waals surface area contributed by atoms with E-state index in [1.807, 2.05) is 38.1 Å². The number of hydrogen-bond donors (Lipinski definition) is 3. The van der Waals surface area contributed by atoms with Crippen molar-refractivity contribution in [1.82, 2.24) is 5.32 Å². The first-order valence-electron chi connectivity index (χ1n) is 14.6. The van der Waals surface area contributed by atoms with Crippen LogP contribution in [0.3, 0.4) is 0 Å². The van der Waals surface area contributed by atoms with Crippen molar-refractivity contribution < 1.29 is 28.1 Å². The molecular weight excluding hydrogens is 529 g/mol. The van der Waals surface area contributed by atoms with Gasteiger partial charge in [0, 0.05) is 23.8 Å². The van der Waals surface area contributed by atoms with Gasteiger partial charge in [-0.15, -0.1) is 0 Å². The second-order valence-electron chi connectivity index (χ2n) is 11.6. The van der Waals surface area contributed by atoms with Gasteiger partial charge in [-0.3, -0.25) is 5.32 Å². The zero-order valence-electron chi connectivity index (χ0n) is 23.6. The number of ether oxygens (including phenoxy) is 1. The summed E-state index contributed by atoms with van der Waals surface area (Å²) in [6.07, 6.45) is 1.29. The monoisotopic (exact) mass is 568 g/mol. The van der Waals surface area contributed by atoms with Crippen molar-refractivity contribution in [2.45, 2.75) is 89.4 Å². The van der Waals surface area contributed by atoms with Crippen molar-refractivity contribution in [3.63, 3.8) is 0 Å². The number of rotatable bonds is 8. The number of hydrogen-bond acceptors (Lipinski definition) is 5. The quantitative estimate of drug-likeness (QED) is 0.241. The predicted octanol–water partition coefficient (Wildman–Crippen LogP) is 7.95. The summed E-state index contributed by atoms with van der Waals surface area (Å²) >= 11 is 0. The summed E-state index contributed by atoms with van der Waals surface area (Å²) in [5, 5.41) is 24.3. The van der Waals surface area contributed by atoms with E-state index < -0.39 is 11.7 Å². The minimum atomic E-state index is -4.39. The summed E-state index contributed by atoms with van der Waals surface area (Å²) in [6, 6.07) is 17.2. The number of aromatic hydroxyl groups is 2. The van der Waals surface area contributed by atoms with E-state index in [9.17, 15) is 23.4 Å². The number of alkyl halides is 3. The minimum Gasteiger partial charge on any atom is -0.504 e. The van der Waals surface area contributed by atoms with Crippen LogP contribution in [0.5, 0.6) is 11.5 Å². The highest BCUT2D eigenvalue weighted by Gasteiger charge is 2.31. The molecule has 2 atom stereocenters. The van der Waals surface area contributed by atoms with Crippen LogP contribution in [0.1, 0.15) is 75.0 Å². The summed E-state index contributed by atoms with van der Waals surface area (Å²) in [5.41, 5.74) is 3.63. The third-order valence-corrected chi connectivity index (χ3v) is 8.01. The molecule has 0 amide bonds. The van der Waals surface area contributed by atoms with Crippen LogP contribution < -0.4 is 10.2 Å². The Kier molecular flexibility index (Phi) is 8.80. The number of nitrogens with zero attached hydrogens (tertiary/aromatic N) is 1. The van der Waals surface area contributed by atoms with Crippen LogP contribution in [0.15, 0.2) is 60.7 Å². The molecule has 0 bridgehead atoms. The molecule has 2 unspecified atom stereocenters. The van der Waals surface area contributed by atoms with Gasteiger partial charge in [0.25, 0.3) is 0 Å². The average Bonchev–Trinajstić information content (AvgIpc) is 3.76. The topological polar surface area (TPSA) is 65.0 Å². The van der Waals surface area contributed by atoms with Gasteiger partial charge in [-0.25, -0.2) is 0 Å². The molecule has 220 valence electrons. The largest absolute Gasteiger partial charge is 0.504 e. The van der Waals surface area contributed by atoms with Crippen LogP contribution in [0, 0.1) is 0 Å². The molecule has 8 heteroatoms. The Morgan fingerprint density at radius 1 is 0.927 bits per heavy atom. The smallest absolute Gasteiger partial charge is 0.416 e. The van der Waals surface area contributed by atoms with Gasteiger partial charge in [0.05, 0.1) is 11.7 Å². The molecule has 2 fully saturated rings. The second kappa shape index (κ2) is 12.3. The van der Waals surface area contributed by atoms with Gasteiger partial charge in [0.15, 0.2) is 11.5 Å². The summed E-state index contributed by atoms with van der Waals surface area (Å²) in [5.74, 6) is 0.112. The molecule has 0 spiro atoms. The van der Waals surface area contributed by atoms with E-state index in [4.69, 9.17) is 4.74 Å². The Labute approximate surface area is 240 Å². The zero-order valence-corrected chi connectivity index (χ0v) is 23.6. The summed E-state index contributed by atoms with van der Waals surface area (Å²) < 4.78 is 45.9. The van der Waals surface area contributed by atoms with Gasteiger partial charge in [0.1, 0.15) is 6.23 Å². The summed E-state index contributed by atoms with van der Waals surface area (Å²) in [4.78, 5) is 2.22. The van der Waals surface area contributed by atoms with Crippen LogP contribution in [0.4, 0.5) is 18.9 Å². The molecule has 5 nitrogen and oxygen atoms in total. The maximum atomic E-state index is 13.3. The molecule has 0 aromatic heterocycles. The number of phenolic OH excluding ortho intramolecular Hbond substituents is 2. The maximum absolute atomic E-state index is 13.3. The van der Waals surface area contributed by atoms with Gasteiger partial charge in [-0.2, -0.15) is 13.2 Å². The van der Waals surface area contributed by atoms with Gasteiger partial charge < -0.3 is 19.8 Å². The lowest BCUT2D eigenvalue weighted by molar-refractivity contribution is -0.137. The molecule has 0 radical (unpaired) electrons. The van der Waals surface area contributed by atoms with Crippen molar-refractivity contribution >= 4 is 5.69 Å². The molecule has 1 heterocycles. The molecule has 3 aromatic rings. The fourth-order valence-corrected chi connectivity index (χ4v) is 5.78. The fourth-order valence-electron chi connectivity index (χ4n) is 5.78. The van der Waals surface area contributed by atoms with Crippen molar-refractivity contribution in [3.8, 4) is 22.6 Å². The van der Waals surface area contributed by atoms with Crippen molar-refractivity contribution in [3.05, 3.63) is 77.4 Å². The van der Waals surface area contributed by atoms with E-state index in [-0.39, 0.29) is 35.8 Å². The molecule has 1 saturated heterocycles. The Hall–Kier alpha value is -3.23. The molecule has 41 heavy (non-hydrogen) atoms. The first kappa shape index (κ1) is 29.3. The summed E-state index contributed by atoms with van der Waals surface area (Å²) in [7, 11) is 0. The molecule has 5 rings (SSSR count). The van der Waals surface area contributed by atoms with Gasteiger partial charge >= 0.3 is 6.18 Å². The van der Waals surface area contributed by atoms with Gasteiger partial charge in [-0.05, 0) is 124 Å². The van der Waals surface area contributed by atoms with E-state index in [0.717, 1.165) is 85.1 Å². The van der Waals surface area contributed by atoms with Crippen molar-refractivity contribution in [1.29, 1.82) is 0 Å². The Bertz CT molecular complexity index is 1310. The van der Waals surface area contributed by atoms with Crippen molar-refractivity contribution in [2.24, 2.45) is 0 Å². The molecular formula is C33H39F3N2O3. The molecule has 1 aliphatic heterocycles. The highest BCUT2D eigenvalue weighted by Crippen LogP contribution is 2.48. The molecule has 1 saturated carbocycles. The lowest BCUT2D eigenvalue weighted by Gasteiger charge is -2.37. The SMILES string of the molecule is CC(C)OC1CCCC(N(Cc2cccc(-c3cc(O)c(O)c(C4CC4)c3)c2)c2ccc(C(F)(F)F)cc2)CCN1. The Balaban J connectivity index is 1.41. The molecule has 1 aliphatic carbocycles. The lowest BCUT2D eigenvalue weighted by atomic mass is 9.97. The normalized spacial score (nSPS) is 20.0. The van der Waals surface area contributed by atoms with Crippen LogP contribution in [-0.4, -0.2) is 35.1 Å². The number of benzene rings is 3. The predicted molar refractivity (Wildman–Crippen MR) is 155 cm³/mol. The lowest BCUT2D eigenvalue weighted by Crippen LogP contribution is -2.42.